The number of benzene rings is 2. The predicted octanol–water partition coefficient (Wildman–Crippen LogP) is 4.87. The largest absolute Gasteiger partial charge is 0.206 e. The standard InChI is InChI=1S/C14H8Cl2FN/c15-12-3-1-2-11(14(12)16)10-5-4-9(6-7-18)8-13(10)17/h1-5,8H,6H2. The van der Waals surface area contributed by atoms with E-state index >= 15 is 0 Å². The summed E-state index contributed by atoms with van der Waals surface area (Å²) in [6.07, 6.45) is 0.181. The summed E-state index contributed by atoms with van der Waals surface area (Å²) in [4.78, 5) is 0. The fourth-order valence-electron chi connectivity index (χ4n) is 1.69. The molecule has 0 saturated carbocycles. The van der Waals surface area contributed by atoms with Crippen LogP contribution in [-0.2, 0) is 6.42 Å². The quantitative estimate of drug-likeness (QED) is 0.770. The number of rotatable bonds is 2. The number of halogens is 3. The first-order chi connectivity index (χ1) is 8.63. The van der Waals surface area contributed by atoms with E-state index in [1.54, 1.807) is 30.3 Å². The smallest absolute Gasteiger partial charge is 0.131 e. The molecule has 0 atom stereocenters. The van der Waals surface area contributed by atoms with Gasteiger partial charge in [0.05, 0.1) is 22.5 Å². The van der Waals surface area contributed by atoms with Crippen LogP contribution in [0, 0.1) is 17.1 Å². The summed E-state index contributed by atoms with van der Waals surface area (Å²) in [6.45, 7) is 0. The van der Waals surface area contributed by atoms with E-state index < -0.39 is 5.82 Å². The van der Waals surface area contributed by atoms with Crippen LogP contribution in [0.4, 0.5) is 4.39 Å². The Morgan fingerprint density at radius 1 is 1.11 bits per heavy atom. The van der Waals surface area contributed by atoms with Crippen molar-refractivity contribution in [3.05, 3.63) is 57.8 Å². The molecule has 0 heterocycles. The molecular formula is C14H8Cl2FN. The Hall–Kier alpha value is -1.56. The van der Waals surface area contributed by atoms with E-state index in [9.17, 15) is 4.39 Å². The molecule has 0 radical (unpaired) electrons. The molecule has 2 aromatic rings. The Balaban J connectivity index is 2.52. The molecule has 0 aromatic heterocycles. The van der Waals surface area contributed by atoms with Gasteiger partial charge in [0.25, 0.3) is 0 Å². The van der Waals surface area contributed by atoms with E-state index in [1.807, 2.05) is 6.07 Å². The van der Waals surface area contributed by atoms with E-state index in [0.29, 0.717) is 26.7 Å². The molecule has 0 aliphatic carbocycles. The molecule has 0 spiro atoms. The predicted molar refractivity (Wildman–Crippen MR) is 71.2 cm³/mol. The van der Waals surface area contributed by atoms with Gasteiger partial charge in [-0.05, 0) is 17.7 Å². The van der Waals surface area contributed by atoms with Crippen LogP contribution in [0.3, 0.4) is 0 Å². The van der Waals surface area contributed by atoms with Gasteiger partial charge in [0.15, 0.2) is 0 Å². The van der Waals surface area contributed by atoms with Crippen LogP contribution >= 0.6 is 23.2 Å². The van der Waals surface area contributed by atoms with Gasteiger partial charge in [-0.2, -0.15) is 5.26 Å². The second-order valence-corrected chi connectivity index (χ2v) is 4.54. The van der Waals surface area contributed by atoms with Crippen LogP contribution in [0.1, 0.15) is 5.56 Å². The highest BCUT2D eigenvalue weighted by molar-refractivity contribution is 6.43. The number of nitriles is 1. The van der Waals surface area contributed by atoms with Crippen molar-refractivity contribution in [1.82, 2.24) is 0 Å². The van der Waals surface area contributed by atoms with Gasteiger partial charge in [0, 0.05) is 11.1 Å². The van der Waals surface area contributed by atoms with Gasteiger partial charge in [0.1, 0.15) is 5.82 Å². The molecule has 1 nitrogen and oxygen atoms in total. The highest BCUT2D eigenvalue weighted by Crippen LogP contribution is 2.34. The monoisotopic (exact) mass is 279 g/mol. The zero-order valence-corrected chi connectivity index (χ0v) is 10.8. The Labute approximate surface area is 114 Å². The van der Waals surface area contributed by atoms with Crippen molar-refractivity contribution < 1.29 is 4.39 Å². The highest BCUT2D eigenvalue weighted by Gasteiger charge is 2.11. The molecule has 4 heteroatoms. The molecule has 0 unspecified atom stereocenters. The fraction of sp³-hybridized carbons (Fsp3) is 0.0714. The van der Waals surface area contributed by atoms with E-state index in [1.165, 1.54) is 6.07 Å². The van der Waals surface area contributed by atoms with E-state index in [4.69, 9.17) is 28.5 Å². The van der Waals surface area contributed by atoms with Crippen LogP contribution in [0.2, 0.25) is 10.0 Å². The molecule has 0 N–H and O–H groups in total. The van der Waals surface area contributed by atoms with Crippen molar-refractivity contribution in [3.8, 4) is 17.2 Å². The first-order valence-corrected chi connectivity index (χ1v) is 5.99. The molecule has 0 saturated heterocycles. The number of nitrogens with zero attached hydrogens (tertiary/aromatic N) is 1. The maximum Gasteiger partial charge on any atom is 0.131 e. The number of hydrogen-bond acceptors (Lipinski definition) is 1. The lowest BCUT2D eigenvalue weighted by Crippen LogP contribution is -1.89. The van der Waals surface area contributed by atoms with Crippen LogP contribution < -0.4 is 0 Å². The number of hydrogen-bond donors (Lipinski definition) is 0. The van der Waals surface area contributed by atoms with Gasteiger partial charge in [-0.15, -0.1) is 0 Å². The van der Waals surface area contributed by atoms with Crippen LogP contribution in [0.25, 0.3) is 11.1 Å². The Morgan fingerprint density at radius 2 is 1.89 bits per heavy atom. The molecule has 2 aromatic carbocycles. The van der Waals surface area contributed by atoms with Crippen molar-refractivity contribution >= 4 is 23.2 Å². The molecule has 2 rings (SSSR count). The average molecular weight is 280 g/mol. The fourth-order valence-corrected chi connectivity index (χ4v) is 2.09. The van der Waals surface area contributed by atoms with Crippen molar-refractivity contribution in [2.75, 3.05) is 0 Å². The zero-order chi connectivity index (χ0) is 13.1. The normalized spacial score (nSPS) is 10.1. The maximum atomic E-state index is 14.0. The van der Waals surface area contributed by atoms with Crippen LogP contribution in [0.5, 0.6) is 0 Å². The van der Waals surface area contributed by atoms with Gasteiger partial charge in [-0.25, -0.2) is 4.39 Å². The Kier molecular flexibility index (Phi) is 3.86. The summed E-state index contributed by atoms with van der Waals surface area (Å²) in [6, 6.07) is 11.7. The van der Waals surface area contributed by atoms with Gasteiger partial charge >= 0.3 is 0 Å². The third-order valence-corrected chi connectivity index (χ3v) is 3.38. The van der Waals surface area contributed by atoms with Gasteiger partial charge in [-0.1, -0.05) is 47.5 Å². The molecular weight excluding hydrogens is 272 g/mol. The van der Waals surface area contributed by atoms with Gasteiger partial charge < -0.3 is 0 Å². The molecule has 18 heavy (non-hydrogen) atoms. The molecule has 0 fully saturated rings. The topological polar surface area (TPSA) is 23.8 Å². The SMILES string of the molecule is N#CCc1ccc(-c2cccc(Cl)c2Cl)c(F)c1. The second-order valence-electron chi connectivity index (χ2n) is 3.75. The lowest BCUT2D eigenvalue weighted by molar-refractivity contribution is 0.629. The van der Waals surface area contributed by atoms with Gasteiger partial charge in [0.2, 0.25) is 0 Å². The minimum atomic E-state index is -0.410. The lowest BCUT2D eigenvalue weighted by Gasteiger charge is -2.08. The van der Waals surface area contributed by atoms with E-state index in [0.717, 1.165) is 0 Å². The van der Waals surface area contributed by atoms with E-state index in [2.05, 4.69) is 0 Å². The molecule has 0 amide bonds. The summed E-state index contributed by atoms with van der Waals surface area (Å²) in [7, 11) is 0. The minimum absolute atomic E-state index is 0.181. The van der Waals surface area contributed by atoms with Crippen molar-refractivity contribution in [2.24, 2.45) is 0 Å². The molecule has 0 bridgehead atoms. The summed E-state index contributed by atoms with van der Waals surface area (Å²) in [5.74, 6) is -0.410. The maximum absolute atomic E-state index is 14.0. The molecule has 0 aliphatic heterocycles. The van der Waals surface area contributed by atoms with Crippen molar-refractivity contribution in [2.45, 2.75) is 6.42 Å². The van der Waals surface area contributed by atoms with Gasteiger partial charge in [-0.3, -0.25) is 0 Å². The third-order valence-electron chi connectivity index (χ3n) is 2.56. The Morgan fingerprint density at radius 3 is 2.56 bits per heavy atom. The second kappa shape index (κ2) is 5.39. The first-order valence-electron chi connectivity index (χ1n) is 5.23. The van der Waals surface area contributed by atoms with E-state index in [-0.39, 0.29) is 6.42 Å². The molecule has 0 aliphatic rings. The van der Waals surface area contributed by atoms with Crippen molar-refractivity contribution in [3.63, 3.8) is 0 Å². The van der Waals surface area contributed by atoms with Crippen molar-refractivity contribution in [1.29, 1.82) is 5.26 Å². The lowest BCUT2D eigenvalue weighted by atomic mass is 10.0. The highest BCUT2D eigenvalue weighted by atomic mass is 35.5. The van der Waals surface area contributed by atoms with Crippen LogP contribution in [0.15, 0.2) is 36.4 Å². The Bertz CT molecular complexity index is 632. The first kappa shape index (κ1) is 12.9. The average Bonchev–Trinajstić information content (AvgIpc) is 2.34. The van der Waals surface area contributed by atoms with Crippen LogP contribution in [-0.4, -0.2) is 0 Å². The molecule has 90 valence electrons. The minimum Gasteiger partial charge on any atom is -0.206 e. The summed E-state index contributed by atoms with van der Waals surface area (Å²) < 4.78 is 14.0. The zero-order valence-electron chi connectivity index (χ0n) is 9.25. The third kappa shape index (κ3) is 2.48. The summed E-state index contributed by atoms with van der Waals surface area (Å²) in [5.41, 5.74) is 1.56. The summed E-state index contributed by atoms with van der Waals surface area (Å²) in [5, 5.41) is 9.28. The summed E-state index contributed by atoms with van der Waals surface area (Å²) >= 11 is 11.9.